The van der Waals surface area contributed by atoms with Crippen LogP contribution in [-0.2, 0) is 16.1 Å². The van der Waals surface area contributed by atoms with Gasteiger partial charge in [0.05, 0.1) is 13.4 Å². The van der Waals surface area contributed by atoms with Crippen LogP contribution in [0.3, 0.4) is 0 Å². The second kappa shape index (κ2) is 8.37. The summed E-state index contributed by atoms with van der Waals surface area (Å²) in [6, 6.07) is 16.9. The largest absolute Gasteiger partial charge is 0.503 e. The molecule has 0 aliphatic rings. The predicted molar refractivity (Wildman–Crippen MR) is 111 cm³/mol. The fraction of sp³-hybridized carbons (Fsp3) is 0.227. The second-order valence-electron chi connectivity index (χ2n) is 6.55. The average Bonchev–Trinajstić information content (AvgIpc) is 3.08. The number of thiophene rings is 1. The zero-order chi connectivity index (χ0) is 19.4. The number of nitrogens with zero attached hydrogens (tertiary/aromatic N) is 1. The summed E-state index contributed by atoms with van der Waals surface area (Å²) in [6.45, 7) is 2.96. The van der Waals surface area contributed by atoms with E-state index in [1.54, 1.807) is 11.3 Å². The molecule has 1 unspecified atom stereocenters. The summed E-state index contributed by atoms with van der Waals surface area (Å²) in [4.78, 5) is 13.9. The SMILES string of the molecule is COC=C(C(=O)O)c1csc2ccc(CN(C)C(C)c3ccccc3)cc12. The van der Waals surface area contributed by atoms with E-state index in [-0.39, 0.29) is 11.6 Å². The van der Waals surface area contributed by atoms with Crippen LogP contribution in [0.5, 0.6) is 0 Å². The lowest BCUT2D eigenvalue weighted by atomic mass is 10.0. The monoisotopic (exact) mass is 381 g/mol. The molecular weight excluding hydrogens is 358 g/mol. The Morgan fingerprint density at radius 1 is 1.26 bits per heavy atom. The first-order valence-electron chi connectivity index (χ1n) is 8.73. The lowest BCUT2D eigenvalue weighted by Crippen LogP contribution is -2.21. The summed E-state index contributed by atoms with van der Waals surface area (Å²) in [5.41, 5.74) is 3.29. The summed E-state index contributed by atoms with van der Waals surface area (Å²) in [5.74, 6) is -0.989. The normalized spacial score (nSPS) is 13.1. The van der Waals surface area contributed by atoms with Crippen molar-refractivity contribution in [2.75, 3.05) is 14.2 Å². The van der Waals surface area contributed by atoms with E-state index in [1.807, 2.05) is 11.4 Å². The van der Waals surface area contributed by atoms with Crippen molar-refractivity contribution in [3.05, 3.63) is 76.9 Å². The van der Waals surface area contributed by atoms with Crippen LogP contribution in [0, 0.1) is 0 Å². The standard InChI is InChI=1S/C22H23NO3S/c1-15(17-7-5-4-6-8-17)23(2)12-16-9-10-21-18(11-16)20(14-27-21)19(13-26-3)22(24)25/h4-11,13-15H,12H2,1-3H3,(H,24,25). The van der Waals surface area contributed by atoms with E-state index in [4.69, 9.17) is 4.74 Å². The van der Waals surface area contributed by atoms with Gasteiger partial charge in [-0.2, -0.15) is 0 Å². The number of carboxylic acids is 1. The maximum atomic E-state index is 11.6. The number of aliphatic carboxylic acids is 1. The number of fused-ring (bicyclic) bond motifs is 1. The lowest BCUT2D eigenvalue weighted by molar-refractivity contribution is -0.130. The van der Waals surface area contributed by atoms with Crippen molar-refractivity contribution in [2.45, 2.75) is 19.5 Å². The van der Waals surface area contributed by atoms with E-state index in [0.717, 1.165) is 22.2 Å². The first-order valence-corrected chi connectivity index (χ1v) is 9.61. The maximum absolute atomic E-state index is 11.6. The highest BCUT2D eigenvalue weighted by atomic mass is 32.1. The molecule has 1 atom stereocenters. The molecule has 0 saturated carbocycles. The fourth-order valence-electron chi connectivity index (χ4n) is 3.14. The Morgan fingerprint density at radius 2 is 2.00 bits per heavy atom. The molecule has 0 aliphatic carbocycles. The van der Waals surface area contributed by atoms with Crippen molar-refractivity contribution in [3.63, 3.8) is 0 Å². The van der Waals surface area contributed by atoms with E-state index < -0.39 is 5.97 Å². The maximum Gasteiger partial charge on any atom is 0.339 e. The minimum atomic E-state index is -0.989. The second-order valence-corrected chi connectivity index (χ2v) is 7.47. The van der Waals surface area contributed by atoms with Gasteiger partial charge >= 0.3 is 5.97 Å². The van der Waals surface area contributed by atoms with Crippen LogP contribution in [0.25, 0.3) is 15.7 Å². The van der Waals surface area contributed by atoms with Crippen molar-refractivity contribution in [1.82, 2.24) is 4.90 Å². The number of hydrogen-bond acceptors (Lipinski definition) is 4. The van der Waals surface area contributed by atoms with E-state index >= 15 is 0 Å². The number of benzene rings is 2. The van der Waals surface area contributed by atoms with Gasteiger partial charge in [-0.05, 0) is 37.2 Å². The van der Waals surface area contributed by atoms with Crippen LogP contribution in [-0.4, -0.2) is 30.1 Å². The van der Waals surface area contributed by atoms with Gasteiger partial charge in [-0.1, -0.05) is 36.4 Å². The zero-order valence-corrected chi connectivity index (χ0v) is 16.5. The minimum Gasteiger partial charge on any atom is -0.503 e. The van der Waals surface area contributed by atoms with Gasteiger partial charge in [-0.25, -0.2) is 4.79 Å². The summed E-state index contributed by atoms with van der Waals surface area (Å²) in [6.07, 6.45) is 1.29. The fourth-order valence-corrected chi connectivity index (χ4v) is 4.08. The smallest absolute Gasteiger partial charge is 0.339 e. The molecule has 4 nitrogen and oxygen atoms in total. The molecule has 27 heavy (non-hydrogen) atoms. The van der Waals surface area contributed by atoms with Crippen molar-refractivity contribution >= 4 is 33.0 Å². The average molecular weight is 381 g/mol. The highest BCUT2D eigenvalue weighted by Gasteiger charge is 2.17. The number of ether oxygens (including phenoxy) is 1. The molecule has 0 saturated heterocycles. The first-order chi connectivity index (χ1) is 13.0. The van der Waals surface area contributed by atoms with E-state index in [1.165, 1.54) is 18.9 Å². The number of carbonyl (C=O) groups is 1. The molecule has 3 aromatic rings. The Morgan fingerprint density at radius 3 is 2.67 bits per heavy atom. The van der Waals surface area contributed by atoms with E-state index in [9.17, 15) is 9.90 Å². The zero-order valence-electron chi connectivity index (χ0n) is 15.7. The molecule has 5 heteroatoms. The van der Waals surface area contributed by atoms with Gasteiger partial charge in [-0.15, -0.1) is 11.3 Å². The third-order valence-electron chi connectivity index (χ3n) is 4.77. The molecule has 1 heterocycles. The highest BCUT2D eigenvalue weighted by Crippen LogP contribution is 2.32. The molecule has 3 rings (SSSR count). The molecule has 0 fully saturated rings. The molecule has 1 N–H and O–H groups in total. The molecule has 140 valence electrons. The van der Waals surface area contributed by atoms with Gasteiger partial charge in [0, 0.05) is 33.6 Å². The predicted octanol–water partition coefficient (Wildman–Crippen LogP) is 5.17. The highest BCUT2D eigenvalue weighted by molar-refractivity contribution is 7.17. The topological polar surface area (TPSA) is 49.8 Å². The van der Waals surface area contributed by atoms with Crippen LogP contribution >= 0.6 is 11.3 Å². The Hall–Kier alpha value is -2.63. The molecule has 0 amide bonds. The first kappa shape index (κ1) is 19.1. The summed E-state index contributed by atoms with van der Waals surface area (Å²) in [7, 11) is 3.56. The molecule has 0 spiro atoms. The van der Waals surface area contributed by atoms with Crippen LogP contribution < -0.4 is 0 Å². The van der Waals surface area contributed by atoms with Crippen molar-refractivity contribution in [3.8, 4) is 0 Å². The molecular formula is C22H23NO3S. The molecule has 0 aliphatic heterocycles. The Balaban J connectivity index is 1.89. The third-order valence-corrected chi connectivity index (χ3v) is 5.73. The van der Waals surface area contributed by atoms with Gasteiger partial charge in [0.2, 0.25) is 0 Å². The molecule has 0 bridgehead atoms. The molecule has 0 radical (unpaired) electrons. The van der Waals surface area contributed by atoms with Gasteiger partial charge in [0.15, 0.2) is 0 Å². The number of hydrogen-bond donors (Lipinski definition) is 1. The Bertz CT molecular complexity index is 962. The van der Waals surface area contributed by atoms with Gasteiger partial charge in [-0.3, -0.25) is 4.90 Å². The van der Waals surface area contributed by atoms with E-state index in [0.29, 0.717) is 5.56 Å². The van der Waals surface area contributed by atoms with Gasteiger partial charge in [0.25, 0.3) is 0 Å². The number of methoxy groups -OCH3 is 1. The number of rotatable bonds is 7. The van der Waals surface area contributed by atoms with Gasteiger partial charge < -0.3 is 9.84 Å². The van der Waals surface area contributed by atoms with E-state index in [2.05, 4.69) is 61.3 Å². The summed E-state index contributed by atoms with van der Waals surface area (Å²) in [5, 5.41) is 12.3. The minimum absolute atomic E-state index is 0.173. The van der Waals surface area contributed by atoms with Crippen LogP contribution in [0.4, 0.5) is 0 Å². The van der Waals surface area contributed by atoms with Crippen molar-refractivity contribution < 1.29 is 14.6 Å². The lowest BCUT2D eigenvalue weighted by Gasteiger charge is -2.25. The number of carboxylic acid groups (broad SMARTS) is 1. The van der Waals surface area contributed by atoms with Crippen molar-refractivity contribution in [1.29, 1.82) is 0 Å². The molecule has 1 aromatic heterocycles. The quantitative estimate of drug-likeness (QED) is 0.453. The Kier molecular flexibility index (Phi) is 5.94. The van der Waals surface area contributed by atoms with Crippen LogP contribution in [0.1, 0.15) is 29.7 Å². The van der Waals surface area contributed by atoms with Crippen LogP contribution in [0.2, 0.25) is 0 Å². The summed E-state index contributed by atoms with van der Waals surface area (Å²) >= 11 is 1.54. The Labute approximate surface area is 163 Å². The third kappa shape index (κ3) is 4.21. The van der Waals surface area contributed by atoms with Crippen LogP contribution in [0.15, 0.2) is 60.2 Å². The molecule has 2 aromatic carbocycles. The summed E-state index contributed by atoms with van der Waals surface area (Å²) < 4.78 is 6.03. The van der Waals surface area contributed by atoms with Gasteiger partial charge in [0.1, 0.15) is 5.57 Å². The van der Waals surface area contributed by atoms with Crippen molar-refractivity contribution in [2.24, 2.45) is 0 Å².